The first-order valence-corrected chi connectivity index (χ1v) is 21.4. The molecule has 0 unspecified atom stereocenters. The Morgan fingerprint density at radius 1 is 0.180 bits per heavy atom. The van der Waals surface area contributed by atoms with E-state index in [1.807, 2.05) is 0 Å². The van der Waals surface area contributed by atoms with E-state index in [9.17, 15) is 0 Å². The lowest BCUT2D eigenvalue weighted by Gasteiger charge is -2.38. The van der Waals surface area contributed by atoms with Crippen molar-refractivity contribution < 1.29 is 0 Å². The summed E-state index contributed by atoms with van der Waals surface area (Å²) in [5, 5.41) is 11.0. The van der Waals surface area contributed by atoms with Crippen molar-refractivity contribution in [2.45, 2.75) is 0 Å². The van der Waals surface area contributed by atoms with E-state index < -0.39 is 16.1 Å². The molecule has 238 valence electrons. The highest BCUT2D eigenvalue weighted by atomic mass is 28.3. The number of hydrogen-bond donors (Lipinski definition) is 0. The van der Waals surface area contributed by atoms with Crippen LogP contribution in [0.15, 0.2) is 231 Å². The van der Waals surface area contributed by atoms with Crippen molar-refractivity contribution in [1.82, 2.24) is 0 Å². The average Bonchev–Trinajstić information content (AvgIpc) is 3.21. The molecular weight excluding hydrogens is 633 g/mol. The van der Waals surface area contributed by atoms with Crippen LogP contribution in [0.1, 0.15) is 0 Å². The molecule has 0 fully saturated rings. The van der Waals surface area contributed by atoms with Gasteiger partial charge in [-0.05, 0) is 52.6 Å². The standard InChI is InChI=1S/C48H38Si2/c1-8-22-39(23-9-1)40-36-47(49(41-24-10-2-11-25-41,42-26-12-3-13-27-42)43-28-14-4-15-29-43)38-48(37-40)50(44-30-16-5-17-31-44,45-32-18-6-19-33-45)46-34-20-7-21-35-46/h1-38H. The molecule has 2 heteroatoms. The number of hydrogen-bond acceptors (Lipinski definition) is 0. The zero-order valence-corrected chi connectivity index (χ0v) is 29.9. The summed E-state index contributed by atoms with van der Waals surface area (Å²) < 4.78 is 0. The van der Waals surface area contributed by atoms with Crippen LogP contribution in [0.4, 0.5) is 0 Å². The maximum Gasteiger partial charge on any atom is 0.179 e. The fourth-order valence-corrected chi connectivity index (χ4v) is 17.8. The fourth-order valence-electron chi connectivity index (χ4n) is 7.99. The molecule has 0 amide bonds. The van der Waals surface area contributed by atoms with Crippen molar-refractivity contribution in [3.05, 3.63) is 231 Å². The van der Waals surface area contributed by atoms with E-state index >= 15 is 0 Å². The molecule has 8 aromatic carbocycles. The predicted octanol–water partition coefficient (Wildman–Crippen LogP) is 6.11. The highest BCUT2D eigenvalue weighted by Crippen LogP contribution is 2.21. The van der Waals surface area contributed by atoms with Gasteiger partial charge in [-0.15, -0.1) is 0 Å². The van der Waals surface area contributed by atoms with Crippen molar-refractivity contribution in [1.29, 1.82) is 0 Å². The van der Waals surface area contributed by atoms with E-state index in [4.69, 9.17) is 0 Å². The lowest BCUT2D eigenvalue weighted by molar-refractivity contribution is 1.62. The van der Waals surface area contributed by atoms with Gasteiger partial charge in [-0.2, -0.15) is 0 Å². The molecule has 0 spiro atoms. The Morgan fingerprint density at radius 3 is 0.640 bits per heavy atom. The first-order valence-electron chi connectivity index (χ1n) is 17.4. The zero-order chi connectivity index (χ0) is 33.6. The average molecular weight is 671 g/mol. The first-order chi connectivity index (χ1) is 24.8. The van der Waals surface area contributed by atoms with Crippen molar-refractivity contribution in [3.8, 4) is 11.1 Å². The van der Waals surface area contributed by atoms with E-state index in [1.165, 1.54) is 52.6 Å². The van der Waals surface area contributed by atoms with Crippen LogP contribution in [-0.2, 0) is 0 Å². The van der Waals surface area contributed by atoms with E-state index in [0.717, 1.165) is 0 Å². The quantitative estimate of drug-likeness (QED) is 0.129. The van der Waals surface area contributed by atoms with Crippen molar-refractivity contribution in [3.63, 3.8) is 0 Å². The highest BCUT2D eigenvalue weighted by Gasteiger charge is 2.45. The molecule has 0 bridgehead atoms. The Hall–Kier alpha value is -5.81. The SMILES string of the molecule is c1ccc(-c2cc([Si](c3ccccc3)(c3ccccc3)c3ccccc3)cc([Si](c3ccccc3)(c3ccccc3)c3ccccc3)c2)cc1. The summed E-state index contributed by atoms with van der Waals surface area (Å²) in [5.74, 6) is 0. The van der Waals surface area contributed by atoms with Gasteiger partial charge in [-0.25, -0.2) is 0 Å². The third kappa shape index (κ3) is 5.49. The lowest BCUT2D eigenvalue weighted by Crippen LogP contribution is -2.78. The second-order valence-corrected chi connectivity index (χ2v) is 20.5. The van der Waals surface area contributed by atoms with Gasteiger partial charge in [0.15, 0.2) is 16.1 Å². The highest BCUT2D eigenvalue weighted by molar-refractivity contribution is 7.22. The van der Waals surface area contributed by atoms with Crippen LogP contribution in [0.2, 0.25) is 0 Å². The summed E-state index contributed by atoms with van der Waals surface area (Å²) in [6, 6.07) is 86.3. The largest absolute Gasteiger partial charge is 0.179 e. The van der Waals surface area contributed by atoms with Gasteiger partial charge in [-0.3, -0.25) is 0 Å². The molecule has 0 heterocycles. The minimum Gasteiger partial charge on any atom is -0.0623 e. The van der Waals surface area contributed by atoms with E-state index in [-0.39, 0.29) is 0 Å². The van der Waals surface area contributed by atoms with Crippen LogP contribution >= 0.6 is 0 Å². The van der Waals surface area contributed by atoms with Gasteiger partial charge in [0, 0.05) is 0 Å². The number of rotatable bonds is 9. The summed E-state index contributed by atoms with van der Waals surface area (Å²) in [4.78, 5) is 0. The van der Waals surface area contributed by atoms with Gasteiger partial charge in [0.05, 0.1) is 0 Å². The van der Waals surface area contributed by atoms with E-state index in [2.05, 4.69) is 231 Å². The molecule has 8 rings (SSSR count). The molecule has 50 heavy (non-hydrogen) atoms. The Morgan fingerprint density at radius 2 is 0.400 bits per heavy atom. The normalized spacial score (nSPS) is 11.6. The van der Waals surface area contributed by atoms with Gasteiger partial charge >= 0.3 is 0 Å². The van der Waals surface area contributed by atoms with Gasteiger partial charge in [0.2, 0.25) is 0 Å². The van der Waals surface area contributed by atoms with Gasteiger partial charge in [0.1, 0.15) is 0 Å². The minimum atomic E-state index is -2.86. The molecule has 0 atom stereocenters. The smallest absolute Gasteiger partial charge is 0.0623 e. The molecule has 0 N–H and O–H groups in total. The van der Waals surface area contributed by atoms with Gasteiger partial charge in [0.25, 0.3) is 0 Å². The predicted molar refractivity (Wildman–Crippen MR) is 219 cm³/mol. The lowest BCUT2D eigenvalue weighted by atomic mass is 10.1. The molecule has 0 aromatic heterocycles. The maximum atomic E-state index is 2.62. The van der Waals surface area contributed by atoms with Crippen LogP contribution in [0.25, 0.3) is 11.1 Å². The molecule has 8 aromatic rings. The Balaban J connectivity index is 1.58. The summed E-state index contributed by atoms with van der Waals surface area (Å²) in [6.45, 7) is 0. The summed E-state index contributed by atoms with van der Waals surface area (Å²) >= 11 is 0. The summed E-state index contributed by atoms with van der Waals surface area (Å²) in [6.07, 6.45) is 0. The molecule has 0 nitrogen and oxygen atoms in total. The first kappa shape index (κ1) is 31.5. The van der Waals surface area contributed by atoms with Crippen LogP contribution in [0.3, 0.4) is 0 Å². The van der Waals surface area contributed by atoms with Crippen LogP contribution < -0.4 is 41.5 Å². The molecule has 0 radical (unpaired) electrons. The Bertz CT molecular complexity index is 1940. The van der Waals surface area contributed by atoms with E-state index in [1.54, 1.807) is 0 Å². The molecule has 0 aliphatic rings. The molecule has 0 aliphatic heterocycles. The topological polar surface area (TPSA) is 0 Å². The molecular formula is C48H38Si2. The number of benzene rings is 8. The van der Waals surface area contributed by atoms with Crippen molar-refractivity contribution >= 4 is 57.6 Å². The third-order valence-electron chi connectivity index (χ3n) is 10.1. The Kier molecular flexibility index (Phi) is 8.79. The molecule has 0 saturated carbocycles. The van der Waals surface area contributed by atoms with E-state index in [0.29, 0.717) is 0 Å². The van der Waals surface area contributed by atoms with Gasteiger partial charge in [-0.1, -0.05) is 231 Å². The monoisotopic (exact) mass is 670 g/mol. The third-order valence-corrected chi connectivity index (χ3v) is 19.7. The zero-order valence-electron chi connectivity index (χ0n) is 27.9. The summed E-state index contributed by atoms with van der Waals surface area (Å²) in [5.41, 5.74) is 2.47. The fraction of sp³-hybridized carbons (Fsp3) is 0. The maximum absolute atomic E-state index is 2.86. The van der Waals surface area contributed by atoms with Crippen LogP contribution in [0, 0.1) is 0 Å². The van der Waals surface area contributed by atoms with Crippen LogP contribution in [-0.4, -0.2) is 16.1 Å². The van der Waals surface area contributed by atoms with Crippen molar-refractivity contribution in [2.75, 3.05) is 0 Å². The summed E-state index contributed by atoms with van der Waals surface area (Å²) in [7, 11) is -5.71. The van der Waals surface area contributed by atoms with Gasteiger partial charge < -0.3 is 0 Å². The second-order valence-electron chi connectivity index (χ2n) is 12.9. The Labute approximate surface area is 298 Å². The van der Waals surface area contributed by atoms with Crippen molar-refractivity contribution in [2.24, 2.45) is 0 Å². The minimum absolute atomic E-state index is 1.23. The van der Waals surface area contributed by atoms with Crippen LogP contribution in [0.5, 0.6) is 0 Å². The molecule has 0 saturated heterocycles. The second kappa shape index (κ2) is 14.0. The molecule has 0 aliphatic carbocycles.